The summed E-state index contributed by atoms with van der Waals surface area (Å²) < 4.78 is 0. The van der Waals surface area contributed by atoms with Crippen LogP contribution in [0.15, 0.2) is 0 Å². The molecule has 3 atom stereocenters. The number of unbranched alkanes of at least 4 members (excludes halogenated alkanes) is 1. The molecule has 1 saturated heterocycles. The molecule has 0 saturated carbocycles. The van der Waals surface area contributed by atoms with Gasteiger partial charge in [0.1, 0.15) is 11.8 Å². The zero-order valence-corrected chi connectivity index (χ0v) is 19.0. The number of nitrogens with one attached hydrogen (secondary N) is 2. The first kappa shape index (κ1) is 29.5. The lowest BCUT2D eigenvalue weighted by Gasteiger charge is -2.20. The fraction of sp³-hybridized carbons (Fsp3) is 0.789. The molecule has 1 aliphatic heterocycles. The smallest absolute Gasteiger partial charge is 0.243 e. The van der Waals surface area contributed by atoms with Crippen LogP contribution in [0.2, 0.25) is 0 Å². The Morgan fingerprint density at radius 3 is 2.29 bits per heavy atom. The number of carbonyl (C=O) groups is 4. The highest BCUT2D eigenvalue weighted by Crippen LogP contribution is 2.39. The molecule has 28 heavy (non-hydrogen) atoms. The van der Waals surface area contributed by atoms with Crippen molar-refractivity contribution in [2.24, 2.45) is 0 Å². The summed E-state index contributed by atoms with van der Waals surface area (Å²) in [7, 11) is 3.85. The minimum atomic E-state index is -0.782. The maximum Gasteiger partial charge on any atom is 0.243 e. The predicted octanol–water partition coefficient (Wildman–Crippen LogP) is 3.40. The lowest BCUT2D eigenvalue weighted by Crippen LogP contribution is -2.50. The van der Waals surface area contributed by atoms with Crippen molar-refractivity contribution in [3.8, 4) is 0 Å². The number of Topliss-reactive ketones (excluding diaryl/α,β-unsaturated/α-hetero) is 2. The van der Waals surface area contributed by atoms with E-state index in [9.17, 15) is 19.2 Å². The second-order valence-electron chi connectivity index (χ2n) is 6.78. The summed E-state index contributed by atoms with van der Waals surface area (Å²) in [5, 5.41) is 6.01. The minimum Gasteiger partial charge on any atom is -0.345 e. The van der Waals surface area contributed by atoms with Crippen molar-refractivity contribution in [3.63, 3.8) is 0 Å². The first-order valence-electron chi connectivity index (χ1n) is 9.17. The normalized spacial score (nSPS) is 17.5. The van der Waals surface area contributed by atoms with Gasteiger partial charge in [0.05, 0.1) is 6.04 Å². The van der Waals surface area contributed by atoms with E-state index < -0.39 is 18.0 Å². The van der Waals surface area contributed by atoms with Crippen molar-refractivity contribution in [1.82, 2.24) is 10.6 Å². The number of amides is 2. The SMILES string of the molecule is C.CC(=O)CC[C@H](NC(=O)CCCC[C@@H]1CCSS1)C(=O)N[C@H](C)C(C)=O.S. The third kappa shape index (κ3) is 12.7. The Hall–Kier alpha value is -0.670. The van der Waals surface area contributed by atoms with E-state index in [0.29, 0.717) is 11.7 Å². The first-order chi connectivity index (χ1) is 12.3. The second kappa shape index (κ2) is 16.2. The van der Waals surface area contributed by atoms with Crippen molar-refractivity contribution in [2.75, 3.05) is 5.75 Å². The molecule has 2 amide bonds. The van der Waals surface area contributed by atoms with Gasteiger partial charge in [-0.25, -0.2) is 0 Å². The van der Waals surface area contributed by atoms with E-state index in [1.165, 1.54) is 26.0 Å². The van der Waals surface area contributed by atoms with Crippen LogP contribution in [-0.2, 0) is 19.2 Å². The standard InChI is InChI=1S/C18H30N2O4S2.CH4.H2S/c1-12(21)8-9-16(18(24)19-13(2)14(3)22)20-17(23)7-5-4-6-15-10-11-25-26-15;;/h13,15-16H,4-11H2,1-3H3,(H,19,24)(H,20,23);1H4;1H2/t13-,15-,16+;;/m1../s1. The highest BCUT2D eigenvalue weighted by molar-refractivity contribution is 8.77. The van der Waals surface area contributed by atoms with E-state index in [2.05, 4.69) is 10.6 Å². The number of rotatable bonds is 12. The number of ketones is 2. The number of hydrogen-bond donors (Lipinski definition) is 2. The van der Waals surface area contributed by atoms with Crippen molar-refractivity contribution < 1.29 is 19.2 Å². The molecule has 6 nitrogen and oxygen atoms in total. The molecule has 1 fully saturated rings. The van der Waals surface area contributed by atoms with Crippen LogP contribution in [0.4, 0.5) is 0 Å². The fourth-order valence-corrected chi connectivity index (χ4v) is 5.55. The molecule has 0 aromatic rings. The van der Waals surface area contributed by atoms with Crippen LogP contribution in [0.25, 0.3) is 0 Å². The Kier molecular flexibility index (Phi) is 17.0. The molecular formula is C19H36N2O4S3. The van der Waals surface area contributed by atoms with Crippen molar-refractivity contribution in [1.29, 1.82) is 0 Å². The van der Waals surface area contributed by atoms with Gasteiger partial charge in [0, 0.05) is 23.8 Å². The average molecular weight is 453 g/mol. The van der Waals surface area contributed by atoms with Crippen LogP contribution in [0.5, 0.6) is 0 Å². The summed E-state index contributed by atoms with van der Waals surface area (Å²) >= 11 is 0. The zero-order chi connectivity index (χ0) is 19.5. The Morgan fingerprint density at radius 2 is 1.75 bits per heavy atom. The second-order valence-corrected chi connectivity index (χ2v) is 9.56. The Bertz CT molecular complexity index is 511. The van der Waals surface area contributed by atoms with Crippen LogP contribution in [0, 0.1) is 0 Å². The van der Waals surface area contributed by atoms with Crippen LogP contribution >= 0.6 is 35.1 Å². The van der Waals surface area contributed by atoms with Gasteiger partial charge in [-0.05, 0) is 46.5 Å². The molecule has 0 spiro atoms. The van der Waals surface area contributed by atoms with Crippen molar-refractivity contribution in [3.05, 3.63) is 0 Å². The van der Waals surface area contributed by atoms with E-state index in [1.54, 1.807) is 6.92 Å². The fourth-order valence-electron chi connectivity index (χ4n) is 2.52. The molecule has 0 unspecified atom stereocenters. The Labute approximate surface area is 184 Å². The average Bonchev–Trinajstić information content (AvgIpc) is 3.08. The maximum atomic E-state index is 12.3. The summed E-state index contributed by atoms with van der Waals surface area (Å²) in [5.74, 6) is 0.419. The van der Waals surface area contributed by atoms with E-state index in [1.807, 2.05) is 21.6 Å². The summed E-state index contributed by atoms with van der Waals surface area (Å²) in [6, 6.07) is -1.39. The van der Waals surface area contributed by atoms with Crippen molar-refractivity contribution in [2.45, 2.75) is 90.5 Å². The van der Waals surface area contributed by atoms with Gasteiger partial charge >= 0.3 is 0 Å². The van der Waals surface area contributed by atoms with Gasteiger partial charge in [0.15, 0.2) is 5.78 Å². The van der Waals surface area contributed by atoms with E-state index >= 15 is 0 Å². The molecule has 0 aromatic heterocycles. The summed E-state index contributed by atoms with van der Waals surface area (Å²) in [6.07, 6.45) is 4.97. The van der Waals surface area contributed by atoms with Gasteiger partial charge in [0.25, 0.3) is 0 Å². The third-order valence-corrected chi connectivity index (χ3v) is 7.32. The van der Waals surface area contributed by atoms with Gasteiger partial charge in [-0.3, -0.25) is 14.4 Å². The van der Waals surface area contributed by atoms with E-state index in [4.69, 9.17) is 0 Å². The van der Waals surface area contributed by atoms with Gasteiger partial charge < -0.3 is 15.4 Å². The molecule has 164 valence electrons. The lowest BCUT2D eigenvalue weighted by molar-refractivity contribution is -0.131. The molecule has 0 aliphatic carbocycles. The maximum absolute atomic E-state index is 12.3. The van der Waals surface area contributed by atoms with E-state index in [0.717, 1.165) is 19.3 Å². The molecule has 1 rings (SSSR count). The lowest BCUT2D eigenvalue weighted by atomic mass is 10.1. The zero-order valence-electron chi connectivity index (χ0n) is 16.3. The van der Waals surface area contributed by atoms with Crippen LogP contribution in [-0.4, -0.2) is 46.5 Å². The largest absolute Gasteiger partial charge is 0.345 e. The summed E-state index contributed by atoms with van der Waals surface area (Å²) in [4.78, 5) is 47.0. The molecule has 0 radical (unpaired) electrons. The topological polar surface area (TPSA) is 92.3 Å². The molecule has 0 aromatic carbocycles. The van der Waals surface area contributed by atoms with E-state index in [-0.39, 0.29) is 51.2 Å². The van der Waals surface area contributed by atoms with Gasteiger partial charge in [-0.1, -0.05) is 35.4 Å². The van der Waals surface area contributed by atoms with Gasteiger partial charge in [-0.2, -0.15) is 13.5 Å². The minimum absolute atomic E-state index is 0. The number of hydrogen-bond acceptors (Lipinski definition) is 6. The van der Waals surface area contributed by atoms with Gasteiger partial charge in [-0.15, -0.1) is 0 Å². The monoisotopic (exact) mass is 452 g/mol. The third-order valence-electron chi connectivity index (χ3n) is 4.31. The quantitative estimate of drug-likeness (QED) is 0.348. The van der Waals surface area contributed by atoms with Crippen LogP contribution < -0.4 is 10.6 Å². The number of carbonyl (C=O) groups excluding carboxylic acids is 4. The van der Waals surface area contributed by atoms with Crippen molar-refractivity contribution >= 4 is 58.5 Å². The predicted molar refractivity (Wildman–Crippen MR) is 124 cm³/mol. The molecule has 1 aliphatic rings. The van der Waals surface area contributed by atoms with Gasteiger partial charge in [0.2, 0.25) is 11.8 Å². The molecule has 1 heterocycles. The molecular weight excluding hydrogens is 416 g/mol. The molecule has 2 N–H and O–H groups in total. The molecule has 0 bridgehead atoms. The highest BCUT2D eigenvalue weighted by atomic mass is 33.1. The van der Waals surface area contributed by atoms with Crippen LogP contribution in [0.3, 0.4) is 0 Å². The summed E-state index contributed by atoms with van der Waals surface area (Å²) in [6.45, 7) is 4.45. The Balaban J connectivity index is 0. The molecule has 9 heteroatoms. The summed E-state index contributed by atoms with van der Waals surface area (Å²) in [5.41, 5.74) is 0. The first-order valence-corrected chi connectivity index (χ1v) is 11.6. The highest BCUT2D eigenvalue weighted by Gasteiger charge is 2.23. The Morgan fingerprint density at radius 1 is 1.07 bits per heavy atom. The van der Waals surface area contributed by atoms with Crippen LogP contribution in [0.1, 0.15) is 73.1 Å².